The molecule has 108 valence electrons. The van der Waals surface area contributed by atoms with Gasteiger partial charge < -0.3 is 19.8 Å². The van der Waals surface area contributed by atoms with Crippen molar-refractivity contribution < 1.29 is 24.5 Å². The number of hydrogen-bond donors (Lipinski definition) is 2. The number of ether oxygens (including phenoxy) is 1. The average molecular weight is 272 g/mol. The zero-order valence-electron chi connectivity index (χ0n) is 10.8. The molecule has 2 heterocycles. The number of nitrogens with zero attached hydrogens (tertiary/aromatic N) is 2. The number of carboxylic acid groups (broad SMARTS) is 1. The van der Waals surface area contributed by atoms with Gasteiger partial charge in [-0.15, -0.1) is 0 Å². The Hall–Kier alpha value is -1.18. The fraction of sp³-hybridized carbons (Fsp3) is 0.833. The van der Waals surface area contributed by atoms with Crippen LogP contribution >= 0.6 is 0 Å². The van der Waals surface area contributed by atoms with Crippen molar-refractivity contribution in [2.24, 2.45) is 0 Å². The van der Waals surface area contributed by atoms with E-state index in [-0.39, 0.29) is 24.8 Å². The van der Waals surface area contributed by atoms with E-state index in [1.54, 1.807) is 4.90 Å². The van der Waals surface area contributed by atoms with Gasteiger partial charge in [0.15, 0.2) is 0 Å². The molecule has 0 aliphatic carbocycles. The lowest BCUT2D eigenvalue weighted by molar-refractivity contribution is -0.140. The number of hydrogen-bond acceptors (Lipinski definition) is 5. The van der Waals surface area contributed by atoms with Gasteiger partial charge in [-0.05, 0) is 0 Å². The Morgan fingerprint density at radius 2 is 1.84 bits per heavy atom. The van der Waals surface area contributed by atoms with E-state index < -0.39 is 12.1 Å². The highest BCUT2D eigenvalue weighted by Crippen LogP contribution is 2.18. The smallest absolute Gasteiger partial charge is 0.303 e. The van der Waals surface area contributed by atoms with Gasteiger partial charge in [-0.2, -0.15) is 0 Å². The van der Waals surface area contributed by atoms with Crippen LogP contribution in [-0.2, 0) is 14.3 Å². The summed E-state index contributed by atoms with van der Waals surface area (Å²) < 4.78 is 5.26. The first-order chi connectivity index (χ1) is 9.08. The van der Waals surface area contributed by atoms with Crippen LogP contribution in [0.15, 0.2) is 0 Å². The Kier molecular flexibility index (Phi) is 4.73. The van der Waals surface area contributed by atoms with Crippen molar-refractivity contribution in [1.82, 2.24) is 9.80 Å². The van der Waals surface area contributed by atoms with Gasteiger partial charge in [0.2, 0.25) is 5.91 Å². The molecule has 0 aromatic rings. The molecular weight excluding hydrogens is 252 g/mol. The molecule has 2 rings (SSSR count). The normalized spacial score (nSPS) is 28.6. The van der Waals surface area contributed by atoms with Crippen LogP contribution in [0.2, 0.25) is 0 Å². The third-order valence-corrected chi connectivity index (χ3v) is 3.68. The van der Waals surface area contributed by atoms with Gasteiger partial charge in [-0.25, -0.2) is 0 Å². The molecule has 7 heteroatoms. The number of carbonyl (C=O) groups is 2. The molecule has 0 saturated carbocycles. The third-order valence-electron chi connectivity index (χ3n) is 3.68. The standard InChI is InChI=1S/C12H20N2O5/c15-10-8-14(11(16)1-2-12(17)18)7-9(10)13-3-5-19-6-4-13/h9-10,15H,1-8H2,(H,17,18)/t9-,10-/m1/s1. The third kappa shape index (κ3) is 3.65. The van der Waals surface area contributed by atoms with Crippen molar-refractivity contribution in [3.63, 3.8) is 0 Å². The van der Waals surface area contributed by atoms with E-state index in [2.05, 4.69) is 4.90 Å². The van der Waals surface area contributed by atoms with Crippen LogP contribution in [0.4, 0.5) is 0 Å². The van der Waals surface area contributed by atoms with E-state index in [9.17, 15) is 14.7 Å². The van der Waals surface area contributed by atoms with Gasteiger partial charge in [-0.1, -0.05) is 0 Å². The largest absolute Gasteiger partial charge is 0.481 e. The van der Waals surface area contributed by atoms with Crippen LogP contribution in [0.25, 0.3) is 0 Å². The van der Waals surface area contributed by atoms with Crippen molar-refractivity contribution in [1.29, 1.82) is 0 Å². The maximum absolute atomic E-state index is 11.8. The van der Waals surface area contributed by atoms with Crippen LogP contribution in [-0.4, -0.2) is 83.4 Å². The lowest BCUT2D eigenvalue weighted by Crippen LogP contribution is -2.49. The van der Waals surface area contributed by atoms with Gasteiger partial charge >= 0.3 is 5.97 Å². The van der Waals surface area contributed by atoms with Crippen LogP contribution in [0, 0.1) is 0 Å². The van der Waals surface area contributed by atoms with Crippen LogP contribution in [0.3, 0.4) is 0 Å². The topological polar surface area (TPSA) is 90.3 Å². The zero-order chi connectivity index (χ0) is 13.8. The number of carboxylic acids is 1. The van der Waals surface area contributed by atoms with Crippen LogP contribution in [0.5, 0.6) is 0 Å². The highest BCUT2D eigenvalue weighted by atomic mass is 16.5. The molecule has 0 radical (unpaired) electrons. The van der Waals surface area contributed by atoms with Crippen molar-refractivity contribution >= 4 is 11.9 Å². The van der Waals surface area contributed by atoms with Crippen LogP contribution < -0.4 is 0 Å². The minimum atomic E-state index is -0.974. The molecule has 2 atom stereocenters. The minimum Gasteiger partial charge on any atom is -0.481 e. The molecule has 0 aromatic carbocycles. The summed E-state index contributed by atoms with van der Waals surface area (Å²) >= 11 is 0. The minimum absolute atomic E-state index is 0.00210. The highest BCUT2D eigenvalue weighted by Gasteiger charge is 2.37. The number of amides is 1. The Labute approximate surface area is 111 Å². The van der Waals surface area contributed by atoms with Crippen molar-refractivity contribution in [2.45, 2.75) is 25.0 Å². The van der Waals surface area contributed by atoms with E-state index in [0.717, 1.165) is 13.1 Å². The first kappa shape index (κ1) is 14.2. The Morgan fingerprint density at radius 3 is 2.47 bits per heavy atom. The summed E-state index contributed by atoms with van der Waals surface area (Å²) in [5, 5.41) is 18.6. The second-order valence-corrected chi connectivity index (χ2v) is 4.98. The first-order valence-electron chi connectivity index (χ1n) is 6.57. The molecule has 1 amide bonds. The molecule has 7 nitrogen and oxygen atoms in total. The lowest BCUT2D eigenvalue weighted by atomic mass is 10.1. The van der Waals surface area contributed by atoms with Gasteiger partial charge in [0, 0.05) is 32.6 Å². The van der Waals surface area contributed by atoms with Crippen molar-refractivity contribution in [3.05, 3.63) is 0 Å². The molecule has 0 unspecified atom stereocenters. The van der Waals surface area contributed by atoms with E-state index >= 15 is 0 Å². The maximum Gasteiger partial charge on any atom is 0.303 e. The average Bonchev–Trinajstić information content (AvgIpc) is 2.79. The van der Waals surface area contributed by atoms with Gasteiger partial charge in [0.25, 0.3) is 0 Å². The molecule has 0 aromatic heterocycles. The Morgan fingerprint density at radius 1 is 1.16 bits per heavy atom. The number of rotatable bonds is 4. The molecule has 2 aliphatic rings. The predicted molar refractivity (Wildman–Crippen MR) is 65.6 cm³/mol. The molecule has 19 heavy (non-hydrogen) atoms. The second kappa shape index (κ2) is 6.31. The number of morpholine rings is 1. The fourth-order valence-corrected chi connectivity index (χ4v) is 2.61. The molecule has 2 N–H and O–H groups in total. The summed E-state index contributed by atoms with van der Waals surface area (Å²) in [7, 11) is 0. The Balaban J connectivity index is 1.85. The monoisotopic (exact) mass is 272 g/mol. The summed E-state index contributed by atoms with van der Waals surface area (Å²) in [5.41, 5.74) is 0. The lowest BCUT2D eigenvalue weighted by Gasteiger charge is -2.33. The number of aliphatic hydroxyl groups is 1. The molecule has 0 spiro atoms. The van der Waals surface area contributed by atoms with E-state index in [0.29, 0.717) is 26.3 Å². The quantitative estimate of drug-likeness (QED) is 0.665. The summed E-state index contributed by atoms with van der Waals surface area (Å²) in [5.74, 6) is -1.17. The van der Waals surface area contributed by atoms with Gasteiger partial charge in [0.1, 0.15) is 0 Å². The van der Waals surface area contributed by atoms with Gasteiger partial charge in [-0.3, -0.25) is 14.5 Å². The van der Waals surface area contributed by atoms with E-state index in [1.807, 2.05) is 0 Å². The number of aliphatic carboxylic acids is 1. The summed E-state index contributed by atoms with van der Waals surface area (Å²) in [4.78, 5) is 26.0. The molecule has 0 bridgehead atoms. The van der Waals surface area contributed by atoms with Crippen molar-refractivity contribution in [2.75, 3.05) is 39.4 Å². The number of aliphatic hydroxyl groups excluding tert-OH is 1. The van der Waals surface area contributed by atoms with Crippen LogP contribution in [0.1, 0.15) is 12.8 Å². The first-order valence-corrected chi connectivity index (χ1v) is 6.57. The number of carbonyl (C=O) groups excluding carboxylic acids is 1. The predicted octanol–water partition coefficient (Wildman–Crippen LogP) is -1.24. The number of β-amino-alcohol motifs (C(OH)–C–C–N with tert-alkyl or cyclic N) is 1. The highest BCUT2D eigenvalue weighted by molar-refractivity contribution is 5.81. The van der Waals surface area contributed by atoms with E-state index in [4.69, 9.17) is 9.84 Å². The van der Waals surface area contributed by atoms with Crippen molar-refractivity contribution in [3.8, 4) is 0 Å². The fourth-order valence-electron chi connectivity index (χ4n) is 2.61. The molecule has 2 aliphatic heterocycles. The number of likely N-dealkylation sites (tertiary alicyclic amines) is 1. The molecule has 2 saturated heterocycles. The maximum atomic E-state index is 11.8. The van der Waals surface area contributed by atoms with Gasteiger partial charge in [0.05, 0.1) is 31.8 Å². The van der Waals surface area contributed by atoms with E-state index in [1.165, 1.54) is 0 Å². The summed E-state index contributed by atoms with van der Waals surface area (Å²) in [6, 6.07) is -0.0577. The second-order valence-electron chi connectivity index (χ2n) is 4.98. The Bertz CT molecular complexity index is 343. The molecular formula is C12H20N2O5. The summed E-state index contributed by atoms with van der Waals surface area (Å²) in [6.07, 6.45) is -0.724. The molecule has 2 fully saturated rings. The summed E-state index contributed by atoms with van der Waals surface area (Å²) in [6.45, 7) is 3.59. The SMILES string of the molecule is O=C(O)CCC(=O)N1C[C@@H](O)[C@H](N2CCOCC2)C1. The zero-order valence-corrected chi connectivity index (χ0v) is 10.8.